The fourth-order valence-electron chi connectivity index (χ4n) is 2.77. The van der Waals surface area contributed by atoms with Gasteiger partial charge in [0.05, 0.1) is 18.7 Å². The number of methoxy groups -OCH3 is 1. The van der Waals surface area contributed by atoms with Gasteiger partial charge in [0.15, 0.2) is 0 Å². The van der Waals surface area contributed by atoms with Gasteiger partial charge >= 0.3 is 0 Å². The van der Waals surface area contributed by atoms with Crippen LogP contribution in [0.2, 0.25) is 0 Å². The first-order valence-corrected chi connectivity index (χ1v) is 6.91. The first-order valence-electron chi connectivity index (χ1n) is 6.91. The van der Waals surface area contributed by atoms with Crippen LogP contribution in [0.25, 0.3) is 0 Å². The highest BCUT2D eigenvalue weighted by Gasteiger charge is 2.45. The Morgan fingerprint density at radius 1 is 1.37 bits per heavy atom. The molecular formula is C14H24N2O3. The van der Waals surface area contributed by atoms with Crippen molar-refractivity contribution in [2.24, 2.45) is 5.41 Å². The van der Waals surface area contributed by atoms with Gasteiger partial charge in [-0.2, -0.15) is 0 Å². The molecule has 2 amide bonds. The molecule has 1 unspecified atom stereocenters. The Labute approximate surface area is 114 Å². The van der Waals surface area contributed by atoms with Crippen LogP contribution in [0.5, 0.6) is 0 Å². The highest BCUT2D eigenvalue weighted by Crippen LogP contribution is 2.36. The van der Waals surface area contributed by atoms with E-state index in [-0.39, 0.29) is 29.4 Å². The third kappa shape index (κ3) is 2.76. The molecule has 2 rings (SSSR count). The molecule has 2 fully saturated rings. The second kappa shape index (κ2) is 4.78. The summed E-state index contributed by atoms with van der Waals surface area (Å²) in [4.78, 5) is 26.0. The lowest BCUT2D eigenvalue weighted by atomic mass is 9.78. The number of amides is 2. The minimum absolute atomic E-state index is 0.00965. The first-order chi connectivity index (χ1) is 8.77. The maximum absolute atomic E-state index is 12.5. The molecule has 0 bridgehead atoms. The van der Waals surface area contributed by atoms with E-state index in [1.54, 1.807) is 12.0 Å². The summed E-state index contributed by atoms with van der Waals surface area (Å²) in [6, 6.07) is -0.442. The van der Waals surface area contributed by atoms with Crippen LogP contribution in [-0.4, -0.2) is 48.6 Å². The molecule has 1 saturated heterocycles. The summed E-state index contributed by atoms with van der Waals surface area (Å²) >= 11 is 0. The summed E-state index contributed by atoms with van der Waals surface area (Å²) < 4.78 is 5.56. The Morgan fingerprint density at radius 2 is 2.00 bits per heavy atom. The quantitative estimate of drug-likeness (QED) is 0.828. The molecule has 1 atom stereocenters. The topological polar surface area (TPSA) is 58.6 Å². The number of nitrogens with one attached hydrogen (secondary N) is 1. The van der Waals surface area contributed by atoms with Crippen LogP contribution in [0.4, 0.5) is 0 Å². The van der Waals surface area contributed by atoms with E-state index in [0.29, 0.717) is 6.54 Å². The van der Waals surface area contributed by atoms with Gasteiger partial charge in [-0.1, -0.05) is 20.8 Å². The molecule has 1 N–H and O–H groups in total. The summed E-state index contributed by atoms with van der Waals surface area (Å²) in [7, 11) is 1.69. The zero-order valence-corrected chi connectivity index (χ0v) is 12.3. The van der Waals surface area contributed by atoms with Crippen molar-refractivity contribution in [1.29, 1.82) is 0 Å². The SMILES string of the molecule is COC1(CN2CC(=O)NC(C(C)(C)C)C2=O)CCC1. The number of piperazine rings is 1. The van der Waals surface area contributed by atoms with Crippen LogP contribution in [0.15, 0.2) is 0 Å². The van der Waals surface area contributed by atoms with Crippen molar-refractivity contribution in [2.45, 2.75) is 51.7 Å². The molecule has 5 nitrogen and oxygen atoms in total. The van der Waals surface area contributed by atoms with Crippen molar-refractivity contribution in [1.82, 2.24) is 10.2 Å². The number of rotatable bonds is 3. The summed E-state index contributed by atoms with van der Waals surface area (Å²) in [6.07, 6.45) is 3.06. The fourth-order valence-corrected chi connectivity index (χ4v) is 2.77. The highest BCUT2D eigenvalue weighted by atomic mass is 16.5. The van der Waals surface area contributed by atoms with Crippen LogP contribution in [0.1, 0.15) is 40.0 Å². The van der Waals surface area contributed by atoms with Crippen molar-refractivity contribution in [3.8, 4) is 0 Å². The number of nitrogens with zero attached hydrogens (tertiary/aromatic N) is 1. The normalized spacial score (nSPS) is 26.9. The van der Waals surface area contributed by atoms with Gasteiger partial charge in [0.2, 0.25) is 11.8 Å². The summed E-state index contributed by atoms with van der Waals surface area (Å²) in [5, 5.41) is 2.80. The van der Waals surface area contributed by atoms with E-state index in [4.69, 9.17) is 4.74 Å². The molecule has 2 aliphatic rings. The van der Waals surface area contributed by atoms with Gasteiger partial charge in [0.25, 0.3) is 0 Å². The molecule has 1 aliphatic carbocycles. The molecule has 1 aliphatic heterocycles. The molecule has 1 saturated carbocycles. The maximum atomic E-state index is 12.5. The van der Waals surface area contributed by atoms with Crippen LogP contribution in [-0.2, 0) is 14.3 Å². The lowest BCUT2D eigenvalue weighted by Crippen LogP contribution is -2.65. The number of carbonyl (C=O) groups excluding carboxylic acids is 2. The second-order valence-electron chi connectivity index (χ2n) is 6.80. The summed E-state index contributed by atoms with van der Waals surface area (Å²) in [5.41, 5.74) is -0.499. The number of carbonyl (C=O) groups is 2. The third-order valence-electron chi connectivity index (χ3n) is 4.24. The Hall–Kier alpha value is -1.10. The predicted octanol–water partition coefficient (Wildman–Crippen LogP) is 0.929. The van der Waals surface area contributed by atoms with E-state index >= 15 is 0 Å². The molecule has 0 aromatic carbocycles. The molecule has 0 radical (unpaired) electrons. The molecular weight excluding hydrogens is 244 g/mol. The van der Waals surface area contributed by atoms with Crippen molar-refractivity contribution < 1.29 is 14.3 Å². The van der Waals surface area contributed by atoms with Gasteiger partial charge in [-0.05, 0) is 24.7 Å². The van der Waals surface area contributed by atoms with Gasteiger partial charge in [-0.25, -0.2) is 0 Å². The minimum Gasteiger partial charge on any atom is -0.376 e. The Bertz CT molecular complexity index is 377. The van der Waals surface area contributed by atoms with E-state index < -0.39 is 6.04 Å². The van der Waals surface area contributed by atoms with Crippen LogP contribution >= 0.6 is 0 Å². The molecule has 0 spiro atoms. The molecule has 0 aromatic rings. The fraction of sp³-hybridized carbons (Fsp3) is 0.857. The van der Waals surface area contributed by atoms with Crippen molar-refractivity contribution >= 4 is 11.8 Å². The first kappa shape index (κ1) is 14.3. The number of hydrogen-bond acceptors (Lipinski definition) is 3. The van der Waals surface area contributed by atoms with Crippen LogP contribution in [0, 0.1) is 5.41 Å². The predicted molar refractivity (Wildman–Crippen MR) is 71.6 cm³/mol. The number of hydrogen-bond donors (Lipinski definition) is 1. The van der Waals surface area contributed by atoms with Gasteiger partial charge in [0.1, 0.15) is 6.04 Å². The Balaban J connectivity index is 2.11. The largest absolute Gasteiger partial charge is 0.376 e. The molecule has 1 heterocycles. The zero-order valence-electron chi connectivity index (χ0n) is 12.3. The second-order valence-corrected chi connectivity index (χ2v) is 6.80. The molecule has 19 heavy (non-hydrogen) atoms. The van der Waals surface area contributed by atoms with E-state index in [1.165, 1.54) is 0 Å². The van der Waals surface area contributed by atoms with Gasteiger partial charge in [-0.3, -0.25) is 9.59 Å². The average molecular weight is 268 g/mol. The molecule has 108 valence electrons. The van der Waals surface area contributed by atoms with Crippen LogP contribution < -0.4 is 5.32 Å². The Kier molecular flexibility index (Phi) is 3.60. The highest BCUT2D eigenvalue weighted by molar-refractivity contribution is 5.95. The standard InChI is InChI=1S/C14H24N2O3/c1-13(2,3)11-12(18)16(8-10(17)15-11)9-14(19-4)6-5-7-14/h11H,5-9H2,1-4H3,(H,15,17). The lowest BCUT2D eigenvalue weighted by Gasteiger charge is -2.46. The smallest absolute Gasteiger partial charge is 0.246 e. The van der Waals surface area contributed by atoms with E-state index in [9.17, 15) is 9.59 Å². The number of ether oxygens (including phenoxy) is 1. The summed E-state index contributed by atoms with van der Waals surface area (Å²) in [6.45, 7) is 6.58. The molecule has 5 heteroatoms. The Morgan fingerprint density at radius 3 is 2.42 bits per heavy atom. The average Bonchev–Trinajstić information content (AvgIpc) is 2.26. The van der Waals surface area contributed by atoms with E-state index in [0.717, 1.165) is 19.3 Å². The van der Waals surface area contributed by atoms with Gasteiger partial charge in [-0.15, -0.1) is 0 Å². The van der Waals surface area contributed by atoms with E-state index in [1.807, 2.05) is 20.8 Å². The van der Waals surface area contributed by atoms with Gasteiger partial charge < -0.3 is 15.0 Å². The summed E-state index contributed by atoms with van der Waals surface area (Å²) in [5.74, 6) is -0.0690. The van der Waals surface area contributed by atoms with Crippen LogP contribution in [0.3, 0.4) is 0 Å². The maximum Gasteiger partial charge on any atom is 0.246 e. The molecule has 0 aromatic heterocycles. The zero-order chi connectivity index (χ0) is 14.3. The van der Waals surface area contributed by atoms with E-state index in [2.05, 4.69) is 5.32 Å². The minimum atomic E-state index is -0.442. The van der Waals surface area contributed by atoms with Crippen molar-refractivity contribution in [3.05, 3.63) is 0 Å². The van der Waals surface area contributed by atoms with Gasteiger partial charge in [0, 0.05) is 7.11 Å². The van der Waals surface area contributed by atoms with Crippen molar-refractivity contribution in [3.63, 3.8) is 0 Å². The third-order valence-corrected chi connectivity index (χ3v) is 4.24. The van der Waals surface area contributed by atoms with Crippen molar-refractivity contribution in [2.75, 3.05) is 20.2 Å². The monoisotopic (exact) mass is 268 g/mol. The lowest BCUT2D eigenvalue weighted by molar-refractivity contribution is -0.155.